The van der Waals surface area contributed by atoms with Crippen molar-refractivity contribution in [3.63, 3.8) is 0 Å². The van der Waals surface area contributed by atoms with Gasteiger partial charge in [0.05, 0.1) is 40.8 Å². The number of anilines is 2. The van der Waals surface area contributed by atoms with Crippen LogP contribution in [0.3, 0.4) is 0 Å². The molecule has 0 saturated carbocycles. The number of halogens is 1. The van der Waals surface area contributed by atoms with Crippen LogP contribution in [0.2, 0.25) is 5.02 Å². The highest BCUT2D eigenvalue weighted by atomic mass is 35.5. The normalized spacial score (nSPS) is 10.6. The lowest BCUT2D eigenvalue weighted by atomic mass is 10.1. The number of hydrogen-bond acceptors (Lipinski definition) is 6. The van der Waals surface area contributed by atoms with Gasteiger partial charge in [-0.05, 0) is 24.3 Å². The molecule has 0 aliphatic heterocycles. The van der Waals surface area contributed by atoms with Gasteiger partial charge in [-0.15, -0.1) is 0 Å². The molecular weight excluding hydrogens is 460 g/mol. The number of urea groups is 1. The Bertz CT molecular complexity index is 1390. The number of rotatable bonds is 6. The number of ether oxygens (including phenoxy) is 2. The first kappa shape index (κ1) is 22.9. The first-order valence-electron chi connectivity index (χ1n) is 10.1. The van der Waals surface area contributed by atoms with Crippen molar-refractivity contribution in [1.82, 2.24) is 20.1 Å². The number of benzene rings is 2. The van der Waals surface area contributed by atoms with Crippen LogP contribution in [0.15, 0.2) is 55.0 Å². The SMILES string of the molecule is CNC(=O)c1cc2c(Oc3ccc(NC(=O)Nc4cnn(C)c4)c(Cl)c3)ccnc2cc1OC. The molecule has 0 aliphatic rings. The zero-order chi connectivity index (χ0) is 24.2. The maximum Gasteiger partial charge on any atom is 0.323 e. The van der Waals surface area contributed by atoms with Crippen molar-refractivity contribution < 1.29 is 19.1 Å². The smallest absolute Gasteiger partial charge is 0.323 e. The third-order valence-electron chi connectivity index (χ3n) is 4.87. The van der Waals surface area contributed by atoms with Crippen LogP contribution < -0.4 is 25.4 Å². The number of methoxy groups -OCH3 is 1. The molecular formula is C23H21ClN6O4. The number of aromatic nitrogens is 3. The van der Waals surface area contributed by atoms with Crippen LogP contribution in [0.25, 0.3) is 10.9 Å². The molecule has 4 aromatic rings. The van der Waals surface area contributed by atoms with Gasteiger partial charge in [0.1, 0.15) is 17.2 Å². The van der Waals surface area contributed by atoms with Crippen LogP contribution in [-0.4, -0.2) is 40.9 Å². The fourth-order valence-corrected chi connectivity index (χ4v) is 3.49. The third-order valence-corrected chi connectivity index (χ3v) is 5.19. The van der Waals surface area contributed by atoms with E-state index in [-0.39, 0.29) is 10.9 Å². The zero-order valence-electron chi connectivity index (χ0n) is 18.5. The van der Waals surface area contributed by atoms with Crippen LogP contribution in [-0.2, 0) is 7.05 Å². The Morgan fingerprint density at radius 3 is 2.59 bits per heavy atom. The monoisotopic (exact) mass is 480 g/mol. The Morgan fingerprint density at radius 1 is 1.09 bits per heavy atom. The number of amides is 3. The van der Waals surface area contributed by atoms with Crippen LogP contribution in [0.4, 0.5) is 16.2 Å². The predicted molar refractivity (Wildman–Crippen MR) is 129 cm³/mol. The Hall–Kier alpha value is -4.31. The molecule has 34 heavy (non-hydrogen) atoms. The van der Waals surface area contributed by atoms with Crippen molar-refractivity contribution in [3.8, 4) is 17.2 Å². The summed E-state index contributed by atoms with van der Waals surface area (Å²) in [7, 11) is 4.78. The lowest BCUT2D eigenvalue weighted by Gasteiger charge is -2.13. The molecule has 0 spiro atoms. The number of carbonyl (C=O) groups is 2. The number of pyridine rings is 1. The van der Waals surface area contributed by atoms with Crippen molar-refractivity contribution in [1.29, 1.82) is 0 Å². The van der Waals surface area contributed by atoms with Crippen molar-refractivity contribution in [2.45, 2.75) is 0 Å². The van der Waals surface area contributed by atoms with Crippen molar-refractivity contribution >= 4 is 45.8 Å². The summed E-state index contributed by atoms with van der Waals surface area (Å²) in [6.45, 7) is 0. The van der Waals surface area contributed by atoms with E-state index >= 15 is 0 Å². The summed E-state index contributed by atoms with van der Waals surface area (Å²) in [5.41, 5.74) is 1.90. The summed E-state index contributed by atoms with van der Waals surface area (Å²) in [5, 5.41) is 12.8. The highest BCUT2D eigenvalue weighted by Gasteiger charge is 2.16. The standard InChI is InChI=1S/C23H21ClN6O4/c1-25-22(31)16-9-15-19(10-21(16)33-3)26-7-6-20(15)34-14-4-5-18(17(24)8-14)29-23(32)28-13-11-27-30(2)12-13/h4-12H,1-3H3,(H,25,31)(H2,28,29,32). The Balaban J connectivity index is 1.56. The molecule has 0 atom stereocenters. The number of nitrogens with one attached hydrogen (secondary N) is 3. The zero-order valence-corrected chi connectivity index (χ0v) is 19.3. The van der Waals surface area contributed by atoms with E-state index < -0.39 is 6.03 Å². The van der Waals surface area contributed by atoms with Crippen LogP contribution in [0.5, 0.6) is 17.2 Å². The molecule has 2 heterocycles. The van der Waals surface area contributed by atoms with Gasteiger partial charge in [-0.1, -0.05) is 11.6 Å². The lowest BCUT2D eigenvalue weighted by molar-refractivity contribution is 0.0960. The molecule has 4 rings (SSSR count). The highest BCUT2D eigenvalue weighted by Crippen LogP contribution is 2.35. The van der Waals surface area contributed by atoms with E-state index in [4.69, 9.17) is 21.1 Å². The van der Waals surface area contributed by atoms with Gasteiger partial charge in [0.15, 0.2) is 0 Å². The van der Waals surface area contributed by atoms with Crippen molar-refractivity contribution in [2.75, 3.05) is 24.8 Å². The topological polar surface area (TPSA) is 119 Å². The Kier molecular flexibility index (Phi) is 6.51. The summed E-state index contributed by atoms with van der Waals surface area (Å²) in [4.78, 5) is 28.9. The van der Waals surface area contributed by atoms with Gasteiger partial charge in [0, 0.05) is 44.0 Å². The molecule has 11 heteroatoms. The van der Waals surface area contributed by atoms with Gasteiger partial charge in [0.25, 0.3) is 5.91 Å². The lowest BCUT2D eigenvalue weighted by Crippen LogP contribution is -2.19. The molecule has 3 N–H and O–H groups in total. The minimum Gasteiger partial charge on any atom is -0.496 e. The van der Waals surface area contributed by atoms with E-state index in [1.54, 1.807) is 67.6 Å². The van der Waals surface area contributed by atoms with Crippen LogP contribution >= 0.6 is 11.6 Å². The molecule has 10 nitrogen and oxygen atoms in total. The number of hydrogen-bond donors (Lipinski definition) is 3. The van der Waals surface area contributed by atoms with Gasteiger partial charge in [-0.3, -0.25) is 14.5 Å². The summed E-state index contributed by atoms with van der Waals surface area (Å²) >= 11 is 6.37. The average molecular weight is 481 g/mol. The molecule has 0 unspecified atom stereocenters. The van der Waals surface area contributed by atoms with Crippen LogP contribution in [0, 0.1) is 0 Å². The summed E-state index contributed by atoms with van der Waals surface area (Å²) in [6.07, 6.45) is 4.79. The predicted octanol–water partition coefficient (Wildman–Crippen LogP) is 4.43. The first-order valence-corrected chi connectivity index (χ1v) is 10.5. The van der Waals surface area contributed by atoms with Crippen molar-refractivity contribution in [3.05, 3.63) is 65.6 Å². The third kappa shape index (κ3) is 4.86. The van der Waals surface area contributed by atoms with Gasteiger partial charge in [0.2, 0.25) is 0 Å². The van der Waals surface area contributed by atoms with E-state index in [1.807, 2.05) is 0 Å². The van der Waals surface area contributed by atoms with Gasteiger partial charge >= 0.3 is 6.03 Å². The Morgan fingerprint density at radius 2 is 1.91 bits per heavy atom. The number of nitrogens with zero attached hydrogens (tertiary/aromatic N) is 3. The van der Waals surface area contributed by atoms with Crippen molar-refractivity contribution in [2.24, 2.45) is 7.05 Å². The molecule has 2 aromatic heterocycles. The van der Waals surface area contributed by atoms with Gasteiger partial charge in [-0.2, -0.15) is 5.10 Å². The molecule has 3 amide bonds. The quantitative estimate of drug-likeness (QED) is 0.375. The van der Waals surface area contributed by atoms with E-state index in [1.165, 1.54) is 13.3 Å². The van der Waals surface area contributed by atoms with E-state index in [0.29, 0.717) is 45.1 Å². The number of aryl methyl sites for hydroxylation is 1. The molecule has 0 aliphatic carbocycles. The largest absolute Gasteiger partial charge is 0.496 e. The molecule has 2 aromatic carbocycles. The molecule has 0 bridgehead atoms. The fraction of sp³-hybridized carbons (Fsp3) is 0.130. The minimum atomic E-state index is -0.459. The maximum atomic E-state index is 12.3. The molecule has 0 saturated heterocycles. The summed E-state index contributed by atoms with van der Waals surface area (Å²) in [6, 6.07) is 9.44. The van der Waals surface area contributed by atoms with Crippen LogP contribution in [0.1, 0.15) is 10.4 Å². The minimum absolute atomic E-state index is 0.282. The van der Waals surface area contributed by atoms with E-state index in [0.717, 1.165) is 0 Å². The van der Waals surface area contributed by atoms with Gasteiger partial charge in [-0.25, -0.2) is 4.79 Å². The highest BCUT2D eigenvalue weighted by molar-refractivity contribution is 6.34. The van der Waals surface area contributed by atoms with Gasteiger partial charge < -0.3 is 25.4 Å². The second-order valence-corrected chi connectivity index (χ2v) is 7.59. The summed E-state index contributed by atoms with van der Waals surface area (Å²) < 4.78 is 12.9. The summed E-state index contributed by atoms with van der Waals surface area (Å²) in [5.74, 6) is 1.02. The second-order valence-electron chi connectivity index (χ2n) is 7.18. The number of fused-ring (bicyclic) bond motifs is 1. The molecule has 0 radical (unpaired) electrons. The first-order chi connectivity index (χ1) is 16.4. The molecule has 0 fully saturated rings. The van der Waals surface area contributed by atoms with E-state index in [9.17, 15) is 9.59 Å². The molecule has 174 valence electrons. The van der Waals surface area contributed by atoms with E-state index in [2.05, 4.69) is 26.0 Å². The maximum absolute atomic E-state index is 12.3. The second kappa shape index (κ2) is 9.67. The average Bonchev–Trinajstić information content (AvgIpc) is 3.23. The fourth-order valence-electron chi connectivity index (χ4n) is 3.28. The number of carbonyl (C=O) groups excluding carboxylic acids is 2. The Labute approximate surface area is 199 Å².